The SMILES string of the molecule is C=CC(=O)NCc1ccc(-c2nn3ccnc(N)c3c2C2=CCC(C(=O)N3CCCC3)CC2)cc1. The second-order valence-corrected chi connectivity index (χ2v) is 9.18. The molecular weight excluding hydrogens is 440 g/mol. The summed E-state index contributed by atoms with van der Waals surface area (Å²) in [6.45, 7) is 5.68. The number of nitrogens with two attached hydrogens (primary N) is 1. The van der Waals surface area contributed by atoms with Crippen molar-refractivity contribution < 1.29 is 9.59 Å². The molecule has 0 bridgehead atoms. The molecule has 8 nitrogen and oxygen atoms in total. The Balaban J connectivity index is 1.46. The normalized spacial score (nSPS) is 17.9. The minimum absolute atomic E-state index is 0.0441. The molecule has 2 amide bonds. The lowest BCUT2D eigenvalue weighted by Crippen LogP contribution is -2.34. The van der Waals surface area contributed by atoms with Crippen LogP contribution in [0.5, 0.6) is 0 Å². The van der Waals surface area contributed by atoms with Gasteiger partial charge in [-0.05, 0) is 49.3 Å². The van der Waals surface area contributed by atoms with Crippen LogP contribution in [0, 0.1) is 5.92 Å². The van der Waals surface area contributed by atoms with E-state index in [9.17, 15) is 9.59 Å². The maximum atomic E-state index is 12.9. The molecule has 1 aliphatic heterocycles. The van der Waals surface area contributed by atoms with Crippen molar-refractivity contribution in [3.05, 3.63) is 66.5 Å². The predicted molar refractivity (Wildman–Crippen MR) is 136 cm³/mol. The van der Waals surface area contributed by atoms with Gasteiger partial charge in [-0.2, -0.15) is 5.10 Å². The molecule has 3 aromatic rings. The van der Waals surface area contributed by atoms with E-state index in [0.29, 0.717) is 18.3 Å². The second kappa shape index (κ2) is 9.74. The number of fused-ring (bicyclic) bond motifs is 1. The van der Waals surface area contributed by atoms with Crippen LogP contribution in [0.3, 0.4) is 0 Å². The van der Waals surface area contributed by atoms with E-state index in [0.717, 1.165) is 78.7 Å². The number of rotatable bonds is 6. The maximum absolute atomic E-state index is 12.9. The molecular formula is C27H30N6O2. The van der Waals surface area contributed by atoms with Crippen molar-refractivity contribution in [2.24, 2.45) is 5.92 Å². The predicted octanol–water partition coefficient (Wildman–Crippen LogP) is 3.59. The van der Waals surface area contributed by atoms with Gasteiger partial charge in [0.05, 0.1) is 0 Å². The Morgan fingerprint density at radius 2 is 1.97 bits per heavy atom. The first-order valence-electron chi connectivity index (χ1n) is 12.2. The van der Waals surface area contributed by atoms with Gasteiger partial charge in [-0.3, -0.25) is 9.59 Å². The molecule has 0 radical (unpaired) electrons. The van der Waals surface area contributed by atoms with Gasteiger partial charge in [0.2, 0.25) is 11.8 Å². The molecule has 2 aromatic heterocycles. The summed E-state index contributed by atoms with van der Waals surface area (Å²) in [7, 11) is 0. The molecule has 3 N–H and O–H groups in total. The van der Waals surface area contributed by atoms with Crippen LogP contribution in [0.25, 0.3) is 22.3 Å². The molecule has 180 valence electrons. The van der Waals surface area contributed by atoms with Gasteiger partial charge >= 0.3 is 0 Å². The number of hydrogen-bond donors (Lipinski definition) is 2. The fourth-order valence-corrected chi connectivity index (χ4v) is 5.05. The maximum Gasteiger partial charge on any atom is 0.243 e. The van der Waals surface area contributed by atoms with Crippen molar-refractivity contribution >= 4 is 28.7 Å². The van der Waals surface area contributed by atoms with E-state index >= 15 is 0 Å². The zero-order chi connectivity index (χ0) is 24.4. The van der Waals surface area contributed by atoms with Crippen LogP contribution in [0.4, 0.5) is 5.82 Å². The smallest absolute Gasteiger partial charge is 0.243 e. The highest BCUT2D eigenvalue weighted by Crippen LogP contribution is 2.39. The Kier molecular flexibility index (Phi) is 6.35. The third-order valence-electron chi connectivity index (χ3n) is 6.95. The number of nitrogens with zero attached hydrogens (tertiary/aromatic N) is 4. The van der Waals surface area contributed by atoms with E-state index in [2.05, 4.69) is 23.0 Å². The van der Waals surface area contributed by atoms with E-state index in [1.165, 1.54) is 6.08 Å². The molecule has 1 aromatic carbocycles. The lowest BCUT2D eigenvalue weighted by molar-refractivity contribution is -0.134. The zero-order valence-electron chi connectivity index (χ0n) is 19.7. The third-order valence-corrected chi connectivity index (χ3v) is 6.95. The molecule has 1 atom stereocenters. The van der Waals surface area contributed by atoms with Crippen molar-refractivity contribution in [3.8, 4) is 11.3 Å². The summed E-state index contributed by atoms with van der Waals surface area (Å²) in [6, 6.07) is 7.98. The van der Waals surface area contributed by atoms with E-state index in [1.807, 2.05) is 29.2 Å². The number of carbonyl (C=O) groups is 2. The van der Waals surface area contributed by atoms with Crippen molar-refractivity contribution in [1.82, 2.24) is 24.8 Å². The third kappa shape index (κ3) is 4.56. The summed E-state index contributed by atoms with van der Waals surface area (Å²) in [6.07, 6.45) is 11.5. The lowest BCUT2D eigenvalue weighted by atomic mass is 9.84. The zero-order valence-corrected chi connectivity index (χ0v) is 19.7. The van der Waals surface area contributed by atoms with Crippen molar-refractivity contribution in [2.45, 2.75) is 38.6 Å². The molecule has 1 fully saturated rings. The van der Waals surface area contributed by atoms with Gasteiger partial charge in [0.15, 0.2) is 0 Å². The number of nitrogens with one attached hydrogen (secondary N) is 1. The fourth-order valence-electron chi connectivity index (χ4n) is 5.05. The van der Waals surface area contributed by atoms with Gasteiger partial charge in [-0.25, -0.2) is 9.50 Å². The topological polar surface area (TPSA) is 106 Å². The summed E-state index contributed by atoms with van der Waals surface area (Å²) in [5.74, 6) is 0.562. The Morgan fingerprint density at radius 3 is 2.66 bits per heavy atom. The molecule has 1 aliphatic carbocycles. The number of benzene rings is 1. The average Bonchev–Trinajstić information content (AvgIpc) is 3.56. The largest absolute Gasteiger partial charge is 0.382 e. The van der Waals surface area contributed by atoms with E-state index in [1.54, 1.807) is 16.9 Å². The van der Waals surface area contributed by atoms with Crippen molar-refractivity contribution in [1.29, 1.82) is 0 Å². The molecule has 0 saturated carbocycles. The highest BCUT2D eigenvalue weighted by atomic mass is 16.2. The molecule has 2 aliphatic rings. The monoisotopic (exact) mass is 470 g/mol. The summed E-state index contributed by atoms with van der Waals surface area (Å²) >= 11 is 0. The molecule has 1 saturated heterocycles. The summed E-state index contributed by atoms with van der Waals surface area (Å²) in [5, 5.41) is 7.64. The first kappa shape index (κ1) is 22.8. The van der Waals surface area contributed by atoms with E-state index in [-0.39, 0.29) is 11.8 Å². The molecule has 8 heteroatoms. The molecule has 0 spiro atoms. The molecule has 5 rings (SSSR count). The van der Waals surface area contributed by atoms with Crippen LogP contribution in [0.1, 0.15) is 43.2 Å². The van der Waals surface area contributed by atoms with Crippen LogP contribution >= 0.6 is 0 Å². The Hall–Kier alpha value is -3.94. The number of anilines is 1. The minimum Gasteiger partial charge on any atom is -0.382 e. The van der Waals surface area contributed by atoms with Gasteiger partial charge in [-0.1, -0.05) is 36.9 Å². The first-order chi connectivity index (χ1) is 17.0. The number of amides is 2. The van der Waals surface area contributed by atoms with Crippen molar-refractivity contribution in [3.63, 3.8) is 0 Å². The highest BCUT2D eigenvalue weighted by Gasteiger charge is 2.30. The van der Waals surface area contributed by atoms with Crippen LogP contribution < -0.4 is 11.1 Å². The number of carbonyl (C=O) groups excluding carboxylic acids is 2. The molecule has 35 heavy (non-hydrogen) atoms. The fraction of sp³-hybridized carbons (Fsp3) is 0.333. The van der Waals surface area contributed by atoms with Crippen LogP contribution in [-0.2, 0) is 16.1 Å². The Morgan fingerprint density at radius 1 is 1.20 bits per heavy atom. The number of nitrogen functional groups attached to an aromatic ring is 1. The van der Waals surface area contributed by atoms with Crippen LogP contribution in [-0.4, -0.2) is 44.4 Å². The van der Waals surface area contributed by atoms with Gasteiger partial charge in [0, 0.05) is 49.1 Å². The summed E-state index contributed by atoms with van der Waals surface area (Å²) in [4.78, 5) is 30.7. The number of likely N-dealkylation sites (tertiary alicyclic amines) is 1. The van der Waals surface area contributed by atoms with Crippen LogP contribution in [0.2, 0.25) is 0 Å². The van der Waals surface area contributed by atoms with E-state index in [4.69, 9.17) is 10.8 Å². The van der Waals surface area contributed by atoms with E-state index < -0.39 is 0 Å². The highest BCUT2D eigenvalue weighted by molar-refractivity contribution is 5.93. The standard InChI is InChI=1S/C27H30N6O2/c1-2-22(34)30-17-18-5-7-20(8-6-18)24-23(25-26(28)29-13-16-33(25)31-24)19-9-11-21(12-10-19)27(35)32-14-3-4-15-32/h2,5-9,13,16,21H,1,3-4,10-12,14-15,17H2,(H2,28,29)(H,30,34). The van der Waals surface area contributed by atoms with Crippen LogP contribution in [0.15, 0.2) is 55.4 Å². The lowest BCUT2D eigenvalue weighted by Gasteiger charge is -2.26. The molecule has 1 unspecified atom stereocenters. The number of hydrogen-bond acceptors (Lipinski definition) is 5. The van der Waals surface area contributed by atoms with Gasteiger partial charge in [0.25, 0.3) is 0 Å². The molecule has 3 heterocycles. The number of allylic oxidation sites excluding steroid dienone is 2. The number of aromatic nitrogens is 3. The Bertz CT molecular complexity index is 1300. The van der Waals surface area contributed by atoms with Crippen molar-refractivity contribution in [2.75, 3.05) is 18.8 Å². The minimum atomic E-state index is -0.203. The quantitative estimate of drug-likeness (QED) is 0.536. The Labute approximate surface area is 204 Å². The van der Waals surface area contributed by atoms with Gasteiger partial charge < -0.3 is 16.0 Å². The summed E-state index contributed by atoms with van der Waals surface area (Å²) in [5.41, 5.74) is 12.0. The first-order valence-corrected chi connectivity index (χ1v) is 12.2. The van der Waals surface area contributed by atoms with Gasteiger partial charge in [0.1, 0.15) is 17.0 Å². The summed E-state index contributed by atoms with van der Waals surface area (Å²) < 4.78 is 1.79. The second-order valence-electron chi connectivity index (χ2n) is 9.18. The average molecular weight is 471 g/mol. The van der Waals surface area contributed by atoms with Gasteiger partial charge in [-0.15, -0.1) is 0 Å².